The summed E-state index contributed by atoms with van der Waals surface area (Å²) in [6.07, 6.45) is -1.61. The number of aliphatic hydroxyl groups excluding tert-OH is 1. The molecular weight excluding hydrogens is 359 g/mol. The van der Waals surface area contributed by atoms with Crippen molar-refractivity contribution in [1.82, 2.24) is 4.98 Å². The monoisotopic (exact) mass is 379 g/mol. The number of halogens is 3. The largest absolute Gasteiger partial charge is 0.416 e. The summed E-state index contributed by atoms with van der Waals surface area (Å²) >= 11 is 0. The Hall–Kier alpha value is -2.61. The molecule has 1 aromatic heterocycles. The van der Waals surface area contributed by atoms with Crippen LogP contribution in [-0.2, 0) is 6.18 Å². The number of aliphatic hydroxyl groups is 1. The van der Waals surface area contributed by atoms with Crippen molar-refractivity contribution in [3.05, 3.63) is 53.9 Å². The average Bonchev–Trinajstić information content (AvgIpc) is 2.86. The van der Waals surface area contributed by atoms with E-state index in [-0.39, 0.29) is 11.4 Å². The van der Waals surface area contributed by atoms with Crippen LogP contribution >= 0.6 is 0 Å². The highest BCUT2D eigenvalue weighted by molar-refractivity contribution is 6.04. The highest BCUT2D eigenvalue weighted by atomic mass is 19.4. The lowest BCUT2D eigenvalue weighted by Crippen LogP contribution is -2.27. The molecule has 1 saturated heterocycles. The topological polar surface area (TPSA) is 65.5 Å². The first kappa shape index (κ1) is 19.2. The molecule has 1 atom stereocenters. The summed E-state index contributed by atoms with van der Waals surface area (Å²) in [5.74, 6) is -0.578. The SMILES string of the molecule is O=C(Nc1cc(C(F)(F)F)ccc1N1CCCC(O)CC1)c1ccccn1. The van der Waals surface area contributed by atoms with Gasteiger partial charge in [0, 0.05) is 19.3 Å². The molecule has 1 unspecified atom stereocenters. The number of amides is 1. The van der Waals surface area contributed by atoms with Gasteiger partial charge in [0.1, 0.15) is 5.69 Å². The van der Waals surface area contributed by atoms with Crippen LogP contribution in [0.25, 0.3) is 0 Å². The van der Waals surface area contributed by atoms with E-state index < -0.39 is 23.8 Å². The maximum Gasteiger partial charge on any atom is 0.416 e. The smallest absolute Gasteiger partial charge is 0.393 e. The molecule has 0 radical (unpaired) electrons. The molecule has 8 heteroatoms. The first-order valence-electron chi connectivity index (χ1n) is 8.71. The van der Waals surface area contributed by atoms with Crippen LogP contribution in [0, 0.1) is 0 Å². The van der Waals surface area contributed by atoms with Gasteiger partial charge in [0.2, 0.25) is 0 Å². The van der Waals surface area contributed by atoms with Crippen molar-refractivity contribution < 1.29 is 23.1 Å². The highest BCUT2D eigenvalue weighted by Gasteiger charge is 2.32. The van der Waals surface area contributed by atoms with Gasteiger partial charge in [-0.2, -0.15) is 13.2 Å². The number of anilines is 2. The molecule has 1 aliphatic rings. The molecule has 1 aromatic carbocycles. The van der Waals surface area contributed by atoms with Crippen LogP contribution in [0.3, 0.4) is 0 Å². The molecule has 1 amide bonds. The Balaban J connectivity index is 1.93. The van der Waals surface area contributed by atoms with E-state index in [0.29, 0.717) is 31.6 Å². The summed E-state index contributed by atoms with van der Waals surface area (Å²) in [6.45, 7) is 1.09. The van der Waals surface area contributed by atoms with Gasteiger partial charge in [-0.25, -0.2) is 0 Å². The van der Waals surface area contributed by atoms with Crippen LogP contribution in [-0.4, -0.2) is 35.2 Å². The summed E-state index contributed by atoms with van der Waals surface area (Å²) < 4.78 is 39.4. The van der Waals surface area contributed by atoms with Crippen molar-refractivity contribution in [2.45, 2.75) is 31.5 Å². The van der Waals surface area contributed by atoms with E-state index in [0.717, 1.165) is 18.6 Å². The van der Waals surface area contributed by atoms with Crippen molar-refractivity contribution in [3.63, 3.8) is 0 Å². The number of benzene rings is 1. The maximum absolute atomic E-state index is 13.1. The summed E-state index contributed by atoms with van der Waals surface area (Å²) in [6, 6.07) is 8.09. The molecule has 2 aromatic rings. The van der Waals surface area contributed by atoms with Crippen LogP contribution in [0.5, 0.6) is 0 Å². The van der Waals surface area contributed by atoms with Crippen molar-refractivity contribution in [2.75, 3.05) is 23.3 Å². The number of aromatic nitrogens is 1. The van der Waals surface area contributed by atoms with Gasteiger partial charge in [0.05, 0.1) is 23.0 Å². The maximum atomic E-state index is 13.1. The molecule has 27 heavy (non-hydrogen) atoms. The van der Waals surface area contributed by atoms with Crippen LogP contribution in [0.15, 0.2) is 42.6 Å². The second kappa shape index (κ2) is 7.96. The number of pyridine rings is 1. The van der Waals surface area contributed by atoms with Gasteiger partial charge in [0.25, 0.3) is 5.91 Å². The molecule has 0 spiro atoms. The molecule has 1 fully saturated rings. The molecule has 144 valence electrons. The van der Waals surface area contributed by atoms with E-state index >= 15 is 0 Å². The molecule has 5 nitrogen and oxygen atoms in total. The first-order chi connectivity index (χ1) is 12.8. The normalized spacial score (nSPS) is 18.1. The van der Waals surface area contributed by atoms with E-state index in [1.165, 1.54) is 18.3 Å². The van der Waals surface area contributed by atoms with E-state index in [1.54, 1.807) is 12.1 Å². The number of alkyl halides is 3. The molecular formula is C19H20F3N3O2. The van der Waals surface area contributed by atoms with E-state index in [1.807, 2.05) is 4.90 Å². The Morgan fingerprint density at radius 3 is 2.70 bits per heavy atom. The molecule has 0 aliphatic carbocycles. The van der Waals surface area contributed by atoms with E-state index in [2.05, 4.69) is 10.3 Å². The van der Waals surface area contributed by atoms with Gasteiger partial charge >= 0.3 is 6.18 Å². The zero-order valence-electron chi connectivity index (χ0n) is 14.5. The third-order valence-electron chi connectivity index (χ3n) is 4.51. The minimum absolute atomic E-state index is 0.0804. The fraction of sp³-hybridized carbons (Fsp3) is 0.368. The predicted molar refractivity (Wildman–Crippen MR) is 95.7 cm³/mol. The summed E-state index contributed by atoms with van der Waals surface area (Å²) in [5, 5.41) is 12.4. The summed E-state index contributed by atoms with van der Waals surface area (Å²) in [4.78, 5) is 18.2. The van der Waals surface area contributed by atoms with Gasteiger partial charge in [-0.05, 0) is 49.6 Å². The minimum atomic E-state index is -4.52. The third kappa shape index (κ3) is 4.77. The molecule has 2 heterocycles. The molecule has 1 aliphatic heterocycles. The predicted octanol–water partition coefficient (Wildman–Crippen LogP) is 3.70. The van der Waals surface area contributed by atoms with Gasteiger partial charge < -0.3 is 15.3 Å². The lowest BCUT2D eigenvalue weighted by atomic mass is 10.1. The Bertz CT molecular complexity index is 797. The molecule has 3 rings (SSSR count). The fourth-order valence-corrected chi connectivity index (χ4v) is 3.09. The molecule has 0 saturated carbocycles. The van der Waals surface area contributed by atoms with Crippen molar-refractivity contribution in [3.8, 4) is 0 Å². The Morgan fingerprint density at radius 1 is 1.19 bits per heavy atom. The number of carbonyl (C=O) groups is 1. The number of nitrogens with zero attached hydrogens (tertiary/aromatic N) is 2. The zero-order chi connectivity index (χ0) is 19.4. The third-order valence-corrected chi connectivity index (χ3v) is 4.51. The van der Waals surface area contributed by atoms with E-state index in [4.69, 9.17) is 0 Å². The fourth-order valence-electron chi connectivity index (χ4n) is 3.09. The molecule has 2 N–H and O–H groups in total. The van der Waals surface area contributed by atoms with Gasteiger partial charge in [-0.1, -0.05) is 6.07 Å². The lowest BCUT2D eigenvalue weighted by molar-refractivity contribution is -0.137. The van der Waals surface area contributed by atoms with Crippen molar-refractivity contribution in [1.29, 1.82) is 0 Å². The summed E-state index contributed by atoms with van der Waals surface area (Å²) in [7, 11) is 0. The molecule has 0 bridgehead atoms. The Morgan fingerprint density at radius 2 is 2.00 bits per heavy atom. The Kier molecular flexibility index (Phi) is 5.65. The average molecular weight is 379 g/mol. The summed E-state index contributed by atoms with van der Waals surface area (Å²) in [5.41, 5.74) is -0.136. The van der Waals surface area contributed by atoms with Crippen molar-refractivity contribution >= 4 is 17.3 Å². The van der Waals surface area contributed by atoms with Gasteiger partial charge in [0.15, 0.2) is 0 Å². The Labute approximate surface area is 154 Å². The number of hydrogen-bond acceptors (Lipinski definition) is 4. The number of rotatable bonds is 3. The van der Waals surface area contributed by atoms with Gasteiger partial charge in [-0.3, -0.25) is 9.78 Å². The van der Waals surface area contributed by atoms with Crippen molar-refractivity contribution in [2.24, 2.45) is 0 Å². The van der Waals surface area contributed by atoms with Crippen LogP contribution in [0.4, 0.5) is 24.5 Å². The highest BCUT2D eigenvalue weighted by Crippen LogP contribution is 2.36. The number of hydrogen-bond donors (Lipinski definition) is 2. The zero-order valence-corrected chi connectivity index (χ0v) is 14.5. The van der Waals surface area contributed by atoms with E-state index in [9.17, 15) is 23.1 Å². The quantitative estimate of drug-likeness (QED) is 0.854. The first-order valence-corrected chi connectivity index (χ1v) is 8.71. The van der Waals surface area contributed by atoms with Crippen LogP contribution in [0.1, 0.15) is 35.3 Å². The minimum Gasteiger partial charge on any atom is -0.393 e. The number of nitrogens with one attached hydrogen (secondary N) is 1. The second-order valence-corrected chi connectivity index (χ2v) is 6.47. The van der Waals surface area contributed by atoms with Crippen LogP contribution in [0.2, 0.25) is 0 Å². The van der Waals surface area contributed by atoms with Gasteiger partial charge in [-0.15, -0.1) is 0 Å². The lowest BCUT2D eigenvalue weighted by Gasteiger charge is -2.26. The standard InChI is InChI=1S/C19H20F3N3O2/c20-19(21,22)13-6-7-17(25-10-3-4-14(26)8-11-25)16(12-13)24-18(27)15-5-1-2-9-23-15/h1-2,5-7,9,12,14,26H,3-4,8,10-11H2,(H,24,27). The number of carbonyl (C=O) groups excluding carboxylic acids is 1. The van der Waals surface area contributed by atoms with Crippen LogP contribution < -0.4 is 10.2 Å². The second-order valence-electron chi connectivity index (χ2n) is 6.47.